The summed E-state index contributed by atoms with van der Waals surface area (Å²) < 4.78 is 12.2. The van der Waals surface area contributed by atoms with Gasteiger partial charge in [-0.1, -0.05) is 179 Å². The summed E-state index contributed by atoms with van der Waals surface area (Å²) in [6.45, 7) is 4.52. The van der Waals surface area contributed by atoms with Gasteiger partial charge in [0, 0.05) is 11.1 Å². The standard InChI is InChI=1S/C47H74N2O4/c1-3-5-7-9-11-13-15-19-29-40-31-21-23-33-42(40)52-44(50)48-46(35-25-17-26-36-46)39-47(37-27-18-28-38-47)49-45(51)53-43-34-24-22-32-41(43)30-20-16-14-12-10-8-6-4-2/h21-24,31-34H,3-20,25-30,35-39H2,1-2H3,(H,48,50)(H,49,51). The van der Waals surface area contributed by atoms with Gasteiger partial charge >= 0.3 is 12.2 Å². The van der Waals surface area contributed by atoms with Crippen LogP contribution in [0.1, 0.15) is 198 Å². The Morgan fingerprint density at radius 3 is 1.21 bits per heavy atom. The van der Waals surface area contributed by atoms with E-state index in [1.54, 1.807) is 0 Å². The number of carbonyl (C=O) groups excluding carboxylic acids is 2. The predicted octanol–water partition coefficient (Wildman–Crippen LogP) is 13.7. The molecule has 2 N–H and O–H groups in total. The molecule has 0 aliphatic heterocycles. The average molecular weight is 731 g/mol. The third kappa shape index (κ3) is 15.7. The first-order chi connectivity index (χ1) is 26.0. The Labute approximate surface area is 323 Å². The first kappa shape index (κ1) is 42.7. The molecule has 2 aliphatic carbocycles. The quantitative estimate of drug-likeness (QED) is 0.105. The lowest BCUT2D eigenvalue weighted by molar-refractivity contribution is 0.107. The third-order valence-corrected chi connectivity index (χ3v) is 12.0. The second-order valence-corrected chi connectivity index (χ2v) is 16.6. The van der Waals surface area contributed by atoms with Crippen LogP contribution < -0.4 is 20.1 Å². The molecular formula is C47H74N2O4. The number of nitrogens with one attached hydrogen (secondary N) is 2. The Bertz CT molecular complexity index is 1210. The van der Waals surface area contributed by atoms with Crippen molar-refractivity contribution in [1.29, 1.82) is 0 Å². The highest BCUT2D eigenvalue weighted by atomic mass is 16.6. The second-order valence-electron chi connectivity index (χ2n) is 16.6. The molecule has 296 valence electrons. The van der Waals surface area contributed by atoms with E-state index in [0.717, 1.165) is 101 Å². The summed E-state index contributed by atoms with van der Waals surface area (Å²) in [5, 5.41) is 6.81. The highest BCUT2D eigenvalue weighted by Crippen LogP contribution is 2.41. The van der Waals surface area contributed by atoms with Crippen molar-refractivity contribution < 1.29 is 19.1 Å². The van der Waals surface area contributed by atoms with Gasteiger partial charge in [-0.3, -0.25) is 0 Å². The fourth-order valence-corrected chi connectivity index (χ4v) is 9.00. The molecular weight excluding hydrogens is 657 g/mol. The molecule has 0 atom stereocenters. The fourth-order valence-electron chi connectivity index (χ4n) is 9.00. The van der Waals surface area contributed by atoms with E-state index in [4.69, 9.17) is 9.47 Å². The van der Waals surface area contributed by atoms with E-state index in [2.05, 4.69) is 36.6 Å². The number of unbranched alkanes of at least 4 members (excludes halogenated alkanes) is 14. The Hall–Kier alpha value is -3.02. The summed E-state index contributed by atoms with van der Waals surface area (Å²) in [6, 6.07) is 16.0. The van der Waals surface area contributed by atoms with Crippen molar-refractivity contribution in [1.82, 2.24) is 10.6 Å². The van der Waals surface area contributed by atoms with Crippen LogP contribution in [0.2, 0.25) is 0 Å². The van der Waals surface area contributed by atoms with Gasteiger partial charge in [-0.05, 0) is 81.0 Å². The molecule has 2 fully saturated rings. The van der Waals surface area contributed by atoms with Crippen molar-refractivity contribution in [2.24, 2.45) is 0 Å². The molecule has 2 aromatic rings. The molecule has 2 saturated carbocycles. The van der Waals surface area contributed by atoms with Crippen molar-refractivity contribution in [3.63, 3.8) is 0 Å². The van der Waals surface area contributed by atoms with E-state index in [1.807, 2.05) is 36.4 Å². The maximum absolute atomic E-state index is 13.7. The molecule has 6 heteroatoms. The molecule has 0 spiro atoms. The van der Waals surface area contributed by atoms with Crippen LogP contribution in [0.15, 0.2) is 48.5 Å². The van der Waals surface area contributed by atoms with Gasteiger partial charge in [0.25, 0.3) is 0 Å². The molecule has 0 unspecified atom stereocenters. The maximum Gasteiger partial charge on any atom is 0.413 e. The number of para-hydroxylation sites is 2. The van der Waals surface area contributed by atoms with Crippen molar-refractivity contribution >= 4 is 12.2 Å². The monoisotopic (exact) mass is 731 g/mol. The van der Waals surface area contributed by atoms with E-state index in [0.29, 0.717) is 17.9 Å². The Balaban J connectivity index is 1.34. The molecule has 2 aromatic carbocycles. The van der Waals surface area contributed by atoms with Crippen molar-refractivity contribution in [2.45, 2.75) is 211 Å². The van der Waals surface area contributed by atoms with Gasteiger partial charge < -0.3 is 20.1 Å². The number of ether oxygens (including phenoxy) is 2. The number of hydrogen-bond donors (Lipinski definition) is 2. The van der Waals surface area contributed by atoms with Gasteiger partial charge in [0.1, 0.15) is 11.5 Å². The van der Waals surface area contributed by atoms with Crippen LogP contribution in [0.5, 0.6) is 11.5 Å². The van der Waals surface area contributed by atoms with E-state index >= 15 is 0 Å². The van der Waals surface area contributed by atoms with Crippen LogP contribution in [0.25, 0.3) is 0 Å². The van der Waals surface area contributed by atoms with E-state index in [9.17, 15) is 9.59 Å². The van der Waals surface area contributed by atoms with Crippen molar-refractivity contribution in [3.8, 4) is 11.5 Å². The molecule has 6 nitrogen and oxygen atoms in total. The first-order valence-electron chi connectivity index (χ1n) is 22.1. The zero-order chi connectivity index (χ0) is 37.5. The van der Waals surface area contributed by atoms with Crippen LogP contribution in [-0.2, 0) is 12.8 Å². The lowest BCUT2D eigenvalue weighted by Crippen LogP contribution is -2.60. The van der Waals surface area contributed by atoms with Crippen molar-refractivity contribution in [2.75, 3.05) is 0 Å². The van der Waals surface area contributed by atoms with Crippen LogP contribution in [0.4, 0.5) is 9.59 Å². The smallest absolute Gasteiger partial charge is 0.410 e. The minimum absolute atomic E-state index is 0.376. The number of amides is 2. The lowest BCUT2D eigenvalue weighted by atomic mass is 9.68. The summed E-state index contributed by atoms with van der Waals surface area (Å²) in [5.41, 5.74) is 1.34. The average Bonchev–Trinajstić information content (AvgIpc) is 3.15. The predicted molar refractivity (Wildman–Crippen MR) is 220 cm³/mol. The summed E-state index contributed by atoms with van der Waals surface area (Å²) in [7, 11) is 0. The number of aryl methyl sites for hydroxylation is 2. The highest BCUT2D eigenvalue weighted by molar-refractivity contribution is 5.73. The first-order valence-corrected chi connectivity index (χ1v) is 22.1. The van der Waals surface area contributed by atoms with Gasteiger partial charge in [-0.15, -0.1) is 0 Å². The molecule has 53 heavy (non-hydrogen) atoms. The minimum atomic E-state index is -0.429. The van der Waals surface area contributed by atoms with Gasteiger partial charge in [0.2, 0.25) is 0 Å². The summed E-state index contributed by atoms with van der Waals surface area (Å²) in [4.78, 5) is 27.5. The topological polar surface area (TPSA) is 76.7 Å². The van der Waals surface area contributed by atoms with Crippen molar-refractivity contribution in [3.05, 3.63) is 59.7 Å². The van der Waals surface area contributed by atoms with E-state index < -0.39 is 11.1 Å². The van der Waals surface area contributed by atoms with E-state index in [-0.39, 0.29) is 12.2 Å². The Kier molecular flexibility index (Phi) is 19.7. The number of benzene rings is 2. The van der Waals surface area contributed by atoms with Crippen LogP contribution >= 0.6 is 0 Å². The number of rotatable bonds is 24. The number of hydrogen-bond acceptors (Lipinski definition) is 4. The SMILES string of the molecule is CCCCCCCCCCc1ccccc1OC(=O)NC1(CC2(NC(=O)Oc3ccccc3CCCCCCCCCC)CCCCC2)CCCCC1. The van der Waals surface area contributed by atoms with Gasteiger partial charge in [-0.25, -0.2) is 9.59 Å². The van der Waals surface area contributed by atoms with Gasteiger partial charge in [-0.2, -0.15) is 0 Å². The van der Waals surface area contributed by atoms with Crippen LogP contribution in [0.3, 0.4) is 0 Å². The summed E-state index contributed by atoms with van der Waals surface area (Å²) in [5.74, 6) is 1.33. The molecule has 4 rings (SSSR count). The Morgan fingerprint density at radius 1 is 0.491 bits per heavy atom. The van der Waals surface area contributed by atoms with E-state index in [1.165, 1.54) is 89.9 Å². The zero-order valence-corrected chi connectivity index (χ0v) is 33.8. The summed E-state index contributed by atoms with van der Waals surface area (Å²) in [6.07, 6.45) is 32.3. The zero-order valence-electron chi connectivity index (χ0n) is 33.8. The van der Waals surface area contributed by atoms with Crippen LogP contribution in [-0.4, -0.2) is 23.3 Å². The van der Waals surface area contributed by atoms with Gasteiger partial charge in [0.15, 0.2) is 0 Å². The molecule has 0 bridgehead atoms. The maximum atomic E-state index is 13.7. The number of carbonyl (C=O) groups is 2. The lowest BCUT2D eigenvalue weighted by Gasteiger charge is -2.47. The largest absolute Gasteiger partial charge is 0.413 e. The molecule has 0 radical (unpaired) electrons. The molecule has 2 amide bonds. The molecule has 0 saturated heterocycles. The molecule has 2 aliphatic rings. The molecule has 0 aromatic heterocycles. The third-order valence-electron chi connectivity index (χ3n) is 12.0. The fraction of sp³-hybridized carbons (Fsp3) is 0.702. The highest BCUT2D eigenvalue weighted by Gasteiger charge is 2.45. The molecule has 0 heterocycles. The van der Waals surface area contributed by atoms with Crippen LogP contribution in [0, 0.1) is 0 Å². The van der Waals surface area contributed by atoms with Gasteiger partial charge in [0.05, 0.1) is 0 Å². The normalized spacial score (nSPS) is 16.5. The minimum Gasteiger partial charge on any atom is -0.410 e. The second kappa shape index (κ2) is 24.4. The summed E-state index contributed by atoms with van der Waals surface area (Å²) >= 11 is 0. The Morgan fingerprint density at radius 2 is 0.830 bits per heavy atom.